The Morgan fingerprint density at radius 3 is 1.66 bits per heavy atom. The van der Waals surface area contributed by atoms with E-state index >= 15 is 0 Å². The summed E-state index contributed by atoms with van der Waals surface area (Å²) in [6, 6.07) is 45.9. The van der Waals surface area contributed by atoms with E-state index in [0.29, 0.717) is 6.54 Å². The number of nitrogens with one attached hydrogen (secondary N) is 1. The van der Waals surface area contributed by atoms with Crippen LogP contribution in [-0.2, 0) is 16.1 Å². The topological polar surface area (TPSA) is 97.1 Å². The van der Waals surface area contributed by atoms with Gasteiger partial charge in [-0.1, -0.05) is 66.7 Å². The second-order valence-corrected chi connectivity index (χ2v) is 11.2. The van der Waals surface area contributed by atoms with Gasteiger partial charge in [0.05, 0.1) is 6.54 Å². The van der Waals surface area contributed by atoms with Crippen LogP contribution in [0.1, 0.15) is 18.4 Å². The van der Waals surface area contributed by atoms with Gasteiger partial charge in [0, 0.05) is 37.1 Å². The van der Waals surface area contributed by atoms with Gasteiger partial charge < -0.3 is 25.4 Å². The number of benzene rings is 5. The Kier molecular flexibility index (Phi) is 12.0. The standard InChI is InChI=1S/C38H37N3O3.CH3NO/c42-38(39-31-18-22-37(23-19-31)44-35-14-8-3-9-15-35)29-41(32-10-4-1-5-11-32)33-24-26-40(27-25-33)28-30-16-20-36(21-17-30)43-34-12-6-2-7-13-34;2-1-3/h1-23,33H,24-29H2,(H,39,42);1H,(H2,2,3). The molecule has 2 amide bonds. The van der Waals surface area contributed by atoms with Gasteiger partial charge in [0.15, 0.2) is 0 Å². The van der Waals surface area contributed by atoms with Crippen molar-refractivity contribution >= 4 is 23.7 Å². The molecule has 47 heavy (non-hydrogen) atoms. The molecule has 0 saturated carbocycles. The monoisotopic (exact) mass is 628 g/mol. The number of anilines is 2. The molecule has 1 aliphatic heterocycles. The van der Waals surface area contributed by atoms with Crippen molar-refractivity contribution in [2.75, 3.05) is 29.9 Å². The number of likely N-dealkylation sites (tertiary alicyclic amines) is 1. The van der Waals surface area contributed by atoms with Crippen molar-refractivity contribution in [2.45, 2.75) is 25.4 Å². The smallest absolute Gasteiger partial charge is 0.243 e. The van der Waals surface area contributed by atoms with Crippen molar-refractivity contribution in [2.24, 2.45) is 5.73 Å². The van der Waals surface area contributed by atoms with Crippen molar-refractivity contribution in [3.8, 4) is 23.0 Å². The van der Waals surface area contributed by atoms with E-state index in [-0.39, 0.29) is 18.4 Å². The van der Waals surface area contributed by atoms with Crippen LogP contribution in [0, 0.1) is 0 Å². The minimum Gasteiger partial charge on any atom is -0.457 e. The van der Waals surface area contributed by atoms with E-state index in [2.05, 4.69) is 45.1 Å². The number of nitrogens with two attached hydrogens (primary N) is 1. The molecule has 0 bridgehead atoms. The van der Waals surface area contributed by atoms with Crippen LogP contribution in [0.25, 0.3) is 0 Å². The normalized spacial score (nSPS) is 13.0. The molecule has 1 saturated heterocycles. The minimum absolute atomic E-state index is 0.0363. The van der Waals surface area contributed by atoms with Crippen LogP contribution in [0.15, 0.2) is 140 Å². The van der Waals surface area contributed by atoms with Crippen LogP contribution in [0.5, 0.6) is 23.0 Å². The van der Waals surface area contributed by atoms with Gasteiger partial charge in [0.1, 0.15) is 23.0 Å². The van der Waals surface area contributed by atoms with Gasteiger partial charge in [-0.2, -0.15) is 0 Å². The molecule has 3 N–H and O–H groups in total. The summed E-state index contributed by atoms with van der Waals surface area (Å²) in [5.74, 6) is 3.14. The molecule has 0 unspecified atom stereocenters. The number of primary amides is 1. The summed E-state index contributed by atoms with van der Waals surface area (Å²) >= 11 is 0. The minimum atomic E-state index is -0.0363. The molecule has 5 aromatic carbocycles. The number of piperidine rings is 1. The van der Waals surface area contributed by atoms with Crippen molar-refractivity contribution in [1.29, 1.82) is 0 Å². The number of hydrogen-bond donors (Lipinski definition) is 2. The molecule has 8 nitrogen and oxygen atoms in total. The third kappa shape index (κ3) is 10.2. The van der Waals surface area contributed by atoms with Gasteiger partial charge in [-0.25, -0.2) is 0 Å². The molecule has 5 aromatic rings. The summed E-state index contributed by atoms with van der Waals surface area (Å²) in [6.07, 6.45) is 2.23. The zero-order chi connectivity index (χ0) is 32.7. The van der Waals surface area contributed by atoms with E-state index in [0.717, 1.165) is 66.8 Å². The molecule has 1 fully saturated rings. The second-order valence-electron chi connectivity index (χ2n) is 11.2. The van der Waals surface area contributed by atoms with E-state index < -0.39 is 0 Å². The molecule has 8 heteroatoms. The lowest BCUT2D eigenvalue weighted by Crippen LogP contribution is -2.47. The number of carbonyl (C=O) groups excluding carboxylic acids is 2. The Morgan fingerprint density at radius 2 is 1.15 bits per heavy atom. The maximum absolute atomic E-state index is 13.3. The molecular weight excluding hydrogens is 588 g/mol. The summed E-state index contributed by atoms with van der Waals surface area (Å²) in [7, 11) is 0. The summed E-state index contributed by atoms with van der Waals surface area (Å²) < 4.78 is 11.8. The molecule has 0 atom stereocenters. The number of hydrogen-bond acceptors (Lipinski definition) is 6. The number of ether oxygens (including phenoxy) is 2. The van der Waals surface area contributed by atoms with Crippen LogP contribution in [0.2, 0.25) is 0 Å². The average molecular weight is 629 g/mol. The highest BCUT2D eigenvalue weighted by Crippen LogP contribution is 2.27. The van der Waals surface area contributed by atoms with Crippen LogP contribution in [0.3, 0.4) is 0 Å². The highest BCUT2D eigenvalue weighted by Gasteiger charge is 2.26. The fraction of sp³-hybridized carbons (Fsp3) is 0.179. The molecule has 0 radical (unpaired) electrons. The number of para-hydroxylation sites is 3. The first-order valence-corrected chi connectivity index (χ1v) is 15.7. The second kappa shape index (κ2) is 17.2. The lowest BCUT2D eigenvalue weighted by molar-refractivity contribution is -0.115. The fourth-order valence-electron chi connectivity index (χ4n) is 5.57. The predicted molar refractivity (Wildman–Crippen MR) is 187 cm³/mol. The molecule has 240 valence electrons. The van der Waals surface area contributed by atoms with E-state index in [4.69, 9.17) is 14.3 Å². The Bertz CT molecular complexity index is 1640. The van der Waals surface area contributed by atoms with E-state index in [1.54, 1.807) is 0 Å². The lowest BCUT2D eigenvalue weighted by atomic mass is 10.0. The van der Waals surface area contributed by atoms with Gasteiger partial charge in [0.2, 0.25) is 12.3 Å². The average Bonchev–Trinajstić information content (AvgIpc) is 3.11. The number of amides is 2. The Hall–Kier alpha value is -5.60. The quantitative estimate of drug-likeness (QED) is 0.147. The number of rotatable bonds is 11. The maximum atomic E-state index is 13.3. The van der Waals surface area contributed by atoms with Gasteiger partial charge in [0.25, 0.3) is 0 Å². The van der Waals surface area contributed by atoms with E-state index in [1.807, 2.05) is 115 Å². The van der Waals surface area contributed by atoms with Crippen LogP contribution in [0.4, 0.5) is 11.4 Å². The first kappa shape index (κ1) is 32.8. The number of carbonyl (C=O) groups is 2. The predicted octanol–water partition coefficient (Wildman–Crippen LogP) is 7.48. The van der Waals surface area contributed by atoms with Crippen molar-refractivity contribution in [3.05, 3.63) is 145 Å². The molecule has 6 rings (SSSR count). The summed E-state index contributed by atoms with van der Waals surface area (Å²) in [6.45, 7) is 3.13. The molecule has 1 heterocycles. The molecule has 0 aliphatic carbocycles. The summed E-state index contributed by atoms with van der Waals surface area (Å²) in [5.41, 5.74) is 7.25. The Morgan fingerprint density at radius 1 is 0.702 bits per heavy atom. The van der Waals surface area contributed by atoms with E-state index in [1.165, 1.54) is 5.56 Å². The lowest BCUT2D eigenvalue weighted by Gasteiger charge is -2.39. The Labute approximate surface area is 276 Å². The molecule has 0 aromatic heterocycles. The largest absolute Gasteiger partial charge is 0.457 e. The highest BCUT2D eigenvalue weighted by molar-refractivity contribution is 5.94. The fourth-order valence-corrected chi connectivity index (χ4v) is 5.57. The van der Waals surface area contributed by atoms with Crippen LogP contribution < -0.4 is 25.4 Å². The first-order valence-electron chi connectivity index (χ1n) is 15.7. The Balaban J connectivity index is 0.00000139. The van der Waals surface area contributed by atoms with Crippen molar-refractivity contribution in [1.82, 2.24) is 4.90 Å². The molecular formula is C39H40N4O4. The van der Waals surface area contributed by atoms with Gasteiger partial charge >= 0.3 is 0 Å². The van der Waals surface area contributed by atoms with E-state index in [9.17, 15) is 4.79 Å². The third-order valence-electron chi connectivity index (χ3n) is 7.83. The summed E-state index contributed by atoms with van der Waals surface area (Å²) in [5, 5.41) is 3.08. The maximum Gasteiger partial charge on any atom is 0.243 e. The van der Waals surface area contributed by atoms with Gasteiger partial charge in [-0.05, 0) is 91.2 Å². The number of nitrogens with zero attached hydrogens (tertiary/aromatic N) is 2. The zero-order valence-corrected chi connectivity index (χ0v) is 26.3. The van der Waals surface area contributed by atoms with Gasteiger partial charge in [-0.15, -0.1) is 0 Å². The van der Waals surface area contributed by atoms with Crippen molar-refractivity contribution in [3.63, 3.8) is 0 Å². The molecule has 1 aliphatic rings. The van der Waals surface area contributed by atoms with Crippen LogP contribution in [-0.4, -0.2) is 42.9 Å². The van der Waals surface area contributed by atoms with Gasteiger partial charge in [-0.3, -0.25) is 14.5 Å². The molecule has 0 spiro atoms. The van der Waals surface area contributed by atoms with Crippen LogP contribution >= 0.6 is 0 Å². The first-order chi connectivity index (χ1) is 23.1. The third-order valence-corrected chi connectivity index (χ3v) is 7.83. The zero-order valence-electron chi connectivity index (χ0n) is 26.3. The summed E-state index contributed by atoms with van der Waals surface area (Å²) in [4.78, 5) is 26.6. The SMILES string of the molecule is NC=O.O=C(CN(c1ccccc1)C1CCN(Cc2ccc(Oc3ccccc3)cc2)CC1)Nc1ccc(Oc2ccccc2)cc1. The highest BCUT2D eigenvalue weighted by atomic mass is 16.5. The van der Waals surface area contributed by atoms with Crippen molar-refractivity contribution < 1.29 is 19.1 Å².